The van der Waals surface area contributed by atoms with Gasteiger partial charge in [-0.05, 0) is 372 Å². The summed E-state index contributed by atoms with van der Waals surface area (Å²) in [4.78, 5) is 83.4. The van der Waals surface area contributed by atoms with Crippen LogP contribution < -0.4 is 33.2 Å². The normalized spacial score (nSPS) is 19.9. The third-order valence-electron chi connectivity index (χ3n) is 30.3. The van der Waals surface area contributed by atoms with Crippen LogP contribution in [0.5, 0.6) is 40.2 Å². The second-order valence-electron chi connectivity index (χ2n) is 39.2. The Morgan fingerprint density at radius 2 is 0.616 bits per heavy atom. The molecule has 8 aliphatic heterocycles. The largest absolute Gasteiger partial charge is 0.497 e. The van der Waals surface area contributed by atoms with E-state index in [4.69, 9.17) is 89.0 Å². The second kappa shape index (κ2) is 46.6. The predicted molar refractivity (Wildman–Crippen MR) is 572 cm³/mol. The first-order valence-corrected chi connectivity index (χ1v) is 52.6. The summed E-state index contributed by atoms with van der Waals surface area (Å²) >= 11 is 25.2. The number of fused-ring (bicyclic) bond motifs is 12. The summed E-state index contributed by atoms with van der Waals surface area (Å²) in [6.07, 6.45) is 15.6. The summed E-state index contributed by atoms with van der Waals surface area (Å²) in [5.41, 5.74) is 16.7. The van der Waals surface area contributed by atoms with Crippen molar-refractivity contribution in [3.8, 4) is 40.2 Å². The molecular formula is C116H127Cl4FN12O13. The van der Waals surface area contributed by atoms with Crippen molar-refractivity contribution < 1.29 is 66.2 Å². The van der Waals surface area contributed by atoms with Gasteiger partial charge in [0.2, 0.25) is 0 Å². The minimum atomic E-state index is -0.491. The predicted octanol–water partition coefficient (Wildman–Crippen LogP) is 25.0. The monoisotopic (exact) mass is 2050 g/mol. The van der Waals surface area contributed by atoms with Crippen LogP contribution in [0.25, 0.3) is 43.6 Å². The van der Waals surface area contributed by atoms with Crippen LogP contribution in [0.4, 0.5) is 23.6 Å². The van der Waals surface area contributed by atoms with Gasteiger partial charge in [0, 0.05) is 137 Å². The zero-order valence-corrected chi connectivity index (χ0v) is 86.7. The number of halogens is 5. The highest BCUT2D eigenvalue weighted by Gasteiger charge is 2.42. The molecule has 146 heavy (non-hydrogen) atoms. The Morgan fingerprint density at radius 1 is 0.329 bits per heavy atom. The lowest BCUT2D eigenvalue weighted by atomic mass is 9.92. The van der Waals surface area contributed by atoms with E-state index < -0.39 is 18.2 Å². The molecule has 8 unspecified atom stereocenters. The third-order valence-corrected chi connectivity index (χ3v) is 31.3. The van der Waals surface area contributed by atoms with Crippen molar-refractivity contribution >= 4 is 114 Å². The first kappa shape index (κ1) is 102. The highest BCUT2D eigenvalue weighted by molar-refractivity contribution is 6.32. The maximum atomic E-state index is 13.6. The van der Waals surface area contributed by atoms with Gasteiger partial charge >= 0.3 is 24.4 Å². The maximum Gasteiger partial charge on any atom is 0.416 e. The van der Waals surface area contributed by atoms with Crippen LogP contribution in [0.2, 0.25) is 20.1 Å². The van der Waals surface area contributed by atoms with Crippen LogP contribution in [0.3, 0.4) is 0 Å². The van der Waals surface area contributed by atoms with E-state index in [1.807, 2.05) is 170 Å². The van der Waals surface area contributed by atoms with E-state index in [9.17, 15) is 23.6 Å². The van der Waals surface area contributed by atoms with Crippen LogP contribution in [0, 0.1) is 5.82 Å². The molecule has 30 heteroatoms. The molecule has 4 N–H and O–H groups in total. The topological polar surface area (TPSA) is 240 Å². The van der Waals surface area contributed by atoms with E-state index in [2.05, 4.69) is 79.9 Å². The van der Waals surface area contributed by atoms with E-state index in [1.165, 1.54) is 113 Å². The molecule has 0 aliphatic carbocycles. The van der Waals surface area contributed by atoms with E-state index in [0.717, 1.165) is 169 Å². The van der Waals surface area contributed by atoms with Crippen molar-refractivity contribution in [2.45, 2.75) is 158 Å². The molecule has 0 spiro atoms. The molecule has 8 aliphatic rings. The van der Waals surface area contributed by atoms with Gasteiger partial charge in [0.1, 0.15) is 76.8 Å². The average molecular weight is 2060 g/mol. The van der Waals surface area contributed by atoms with Crippen molar-refractivity contribution in [2.24, 2.45) is 0 Å². The summed E-state index contributed by atoms with van der Waals surface area (Å²) in [7, 11) is 11.8. The van der Waals surface area contributed by atoms with Crippen molar-refractivity contribution in [1.29, 1.82) is 0 Å². The lowest BCUT2D eigenvalue weighted by molar-refractivity contribution is 0.0931. The van der Waals surface area contributed by atoms with Gasteiger partial charge in [0.05, 0.1) is 40.6 Å². The highest BCUT2D eigenvalue weighted by Crippen LogP contribution is 2.47. The first-order chi connectivity index (χ1) is 71.0. The fourth-order valence-corrected chi connectivity index (χ4v) is 23.2. The first-order valence-electron chi connectivity index (χ1n) is 51.1. The van der Waals surface area contributed by atoms with Crippen LogP contribution in [-0.2, 0) is 35.2 Å². The molecule has 0 bridgehead atoms. The minimum absolute atomic E-state index is 0.254. The van der Waals surface area contributed by atoms with Crippen molar-refractivity contribution in [1.82, 2.24) is 59.1 Å². The number of benzene rings is 10. The quantitative estimate of drug-likeness (QED) is 0.0465. The minimum Gasteiger partial charge on any atom is -0.497 e. The highest BCUT2D eigenvalue weighted by atomic mass is 35.5. The van der Waals surface area contributed by atoms with Crippen LogP contribution in [0.15, 0.2) is 218 Å². The number of carbonyl (C=O) groups is 4. The lowest BCUT2D eigenvalue weighted by Gasteiger charge is -2.35. The zero-order valence-electron chi connectivity index (χ0n) is 83.7. The van der Waals surface area contributed by atoms with Crippen LogP contribution in [-0.4, -0.2) is 235 Å². The molecule has 4 aromatic heterocycles. The fraction of sp³-hybridized carbons (Fsp3) is 0.379. The van der Waals surface area contributed by atoms with E-state index >= 15 is 0 Å². The number of nitrogens with zero attached hydrogens (tertiary/aromatic N) is 8. The number of piperidine rings is 1. The molecule has 14 aromatic rings. The molecule has 10 aromatic carbocycles. The Morgan fingerprint density at radius 3 is 0.925 bits per heavy atom. The molecule has 4 saturated heterocycles. The molecule has 12 heterocycles. The van der Waals surface area contributed by atoms with Gasteiger partial charge in [0.25, 0.3) is 0 Å². The fourth-order valence-electron chi connectivity index (χ4n) is 22.5. The summed E-state index contributed by atoms with van der Waals surface area (Å²) < 4.78 is 64.9. The van der Waals surface area contributed by atoms with E-state index in [-0.39, 0.29) is 36.1 Å². The van der Waals surface area contributed by atoms with Crippen molar-refractivity contribution in [3.05, 3.63) is 312 Å². The van der Waals surface area contributed by atoms with E-state index in [0.29, 0.717) is 134 Å². The number of methoxy groups -OCH3 is 2. The molecule has 764 valence electrons. The Labute approximate surface area is 871 Å². The van der Waals surface area contributed by atoms with Gasteiger partial charge in [-0.2, -0.15) is 0 Å². The van der Waals surface area contributed by atoms with Gasteiger partial charge in [-0.3, -0.25) is 19.6 Å². The summed E-state index contributed by atoms with van der Waals surface area (Å²) in [6.45, 7) is 11.7. The number of likely N-dealkylation sites (tertiary alicyclic amines) is 4. The number of likely N-dealkylation sites (N-methyl/N-ethyl adjacent to an activating group) is 1. The van der Waals surface area contributed by atoms with Gasteiger partial charge < -0.3 is 82.2 Å². The number of hydrogen-bond donors (Lipinski definition) is 4. The summed E-state index contributed by atoms with van der Waals surface area (Å²) in [6, 6.07) is 69.2. The number of aromatic amines is 4. The number of amides is 4. The van der Waals surface area contributed by atoms with Gasteiger partial charge in [-0.15, -0.1) is 0 Å². The Hall–Kier alpha value is -12.6. The molecule has 0 saturated carbocycles. The maximum absolute atomic E-state index is 13.6. The van der Waals surface area contributed by atoms with Crippen molar-refractivity contribution in [2.75, 3.05) is 128 Å². The molecule has 8 atom stereocenters. The molecule has 22 rings (SSSR count). The number of aromatic nitrogens is 4. The molecular weight excluding hydrogens is 1930 g/mol. The number of ether oxygens (including phenoxy) is 9. The Kier molecular flexibility index (Phi) is 32.6. The van der Waals surface area contributed by atoms with Crippen LogP contribution in [0.1, 0.15) is 175 Å². The lowest BCUT2D eigenvalue weighted by Crippen LogP contribution is -2.42. The van der Waals surface area contributed by atoms with Gasteiger partial charge in [-0.1, -0.05) is 101 Å². The second-order valence-corrected chi connectivity index (χ2v) is 41.0. The average Bonchev–Trinajstić information content (AvgIpc) is 1.61. The number of H-pyrrole nitrogens is 4. The SMILES string of the molecule is CCOC(=O)N1CCc2c([nH]c3ccc(Cl)cc23)C1c1ccc(OCCC2CCCN2C)cc1.CN1CCCC1CCOc1ccc(C2c3[nH]c4ccc(Cl)cc4c3CCN2C(=O)Oc2ccc(F)cc2)cc1.COC(=O)N1CCc2c([nH]c3ccc(Cl)cc23)C1c1ccc(OCCC2CCCN2C)cc1.COc1ccc(OC(=O)N2CCc3c([nH]c4ccc(Cl)cc34)C2c2ccc(OCC3CCCCN3C)cc2)cc1. The van der Waals surface area contributed by atoms with Crippen LogP contribution >= 0.6 is 46.4 Å². The summed E-state index contributed by atoms with van der Waals surface area (Å²) in [5, 5.41) is 7.17. The zero-order chi connectivity index (χ0) is 101. The van der Waals surface area contributed by atoms with E-state index in [1.54, 1.807) is 46.1 Å². The number of hydrogen-bond acceptors (Lipinski definition) is 17. The smallest absolute Gasteiger partial charge is 0.416 e. The van der Waals surface area contributed by atoms with Gasteiger partial charge in [0.15, 0.2) is 0 Å². The molecule has 4 amide bonds. The van der Waals surface area contributed by atoms with Crippen molar-refractivity contribution in [3.63, 3.8) is 0 Å². The van der Waals surface area contributed by atoms with Gasteiger partial charge in [-0.25, -0.2) is 23.6 Å². The Bertz CT molecular complexity index is 6890. The summed E-state index contributed by atoms with van der Waals surface area (Å²) in [5.74, 6) is 4.42. The number of carbonyl (C=O) groups excluding carboxylic acids is 4. The molecule has 4 fully saturated rings. The third kappa shape index (κ3) is 23.2. The molecule has 0 radical (unpaired) electrons. The number of rotatable bonds is 23. The molecule has 25 nitrogen and oxygen atoms in total. The number of nitrogens with one attached hydrogen (secondary N) is 4. The Balaban J connectivity index is 0.000000123. The standard InChI is InChI=1S/C32H34ClN3O4.C31H31ClFN3O3.C27H32ClN3O3.C26H30ClN3O3/c1-35-17-4-3-5-23(35)20-39-25-9-6-21(7-10-25)31-30-27(28-19-22(33)8-15-29(28)34-30)16-18-36(31)32(37)40-26-13-11-24(38-2)12-14-26;1-35-16-2-3-23(35)15-18-38-24-9-4-20(5-10-24)30-29-26(27-19-21(32)6-13-28(27)34-29)14-17-36(30)31(37)39-25-11-7-22(33)8-12-25;1-3-33-27(32)31-15-12-22-23-17-19(28)8-11-24(23)29-25(22)26(31)18-6-9-21(10-7-18)34-16-13-20-5-4-14-30(20)2;1-29-13-3-4-19(29)12-15-33-20-8-5-17(6-9-20)25-24-21(11-14-30(25)26(31)32-2)22-16-18(27)7-10-23(22)28-24/h6-15,19,23,31,34H,3-5,16-18,20H2,1-2H3;4-13,19,23,30,34H,2-3,14-18H2,1H3;6-11,17,20,26,29H,3-5,12-16H2,1-2H3;5-10,16,19,25,28H,3-4,11-15H2,1-2H3.